The van der Waals surface area contributed by atoms with Gasteiger partial charge in [0.25, 0.3) is 0 Å². The number of ether oxygens (including phenoxy) is 2. The van der Waals surface area contributed by atoms with E-state index in [9.17, 15) is 0 Å². The molecular weight excluding hydrogens is 310 g/mol. The summed E-state index contributed by atoms with van der Waals surface area (Å²) in [5.41, 5.74) is 2.44. The second-order valence-corrected chi connectivity index (χ2v) is 5.90. The lowest BCUT2D eigenvalue weighted by Crippen LogP contribution is -1.97. The van der Waals surface area contributed by atoms with Crippen molar-refractivity contribution in [2.45, 2.75) is 18.2 Å². The molecule has 5 nitrogen and oxygen atoms in total. The van der Waals surface area contributed by atoms with E-state index >= 15 is 0 Å². The molecule has 0 fully saturated rings. The minimum atomic E-state index is 0.552. The zero-order valence-corrected chi connectivity index (χ0v) is 14.2. The topological polar surface area (TPSA) is 60.0 Å². The van der Waals surface area contributed by atoms with Gasteiger partial charge < -0.3 is 14.5 Å². The summed E-state index contributed by atoms with van der Waals surface area (Å²) < 4.78 is 11.1. The molecule has 0 spiro atoms. The van der Waals surface area contributed by atoms with Gasteiger partial charge in [-0.2, -0.15) is 4.98 Å². The number of nitrogens with zero attached hydrogens (tertiary/aromatic N) is 2. The van der Waals surface area contributed by atoms with Gasteiger partial charge in [-0.15, -0.1) is 11.8 Å². The van der Waals surface area contributed by atoms with Gasteiger partial charge in [0.1, 0.15) is 11.6 Å². The highest BCUT2D eigenvalue weighted by molar-refractivity contribution is 7.98. The number of hydrogen-bond acceptors (Lipinski definition) is 5. The Bertz CT molecular complexity index is 817. The summed E-state index contributed by atoms with van der Waals surface area (Å²) in [5, 5.41) is 0. The SMILES string of the molecule is CCCOc1cc(SC)ccc1-c1nc2nc(OC)ccc2[nH]1. The fourth-order valence-electron chi connectivity index (χ4n) is 2.27. The first-order chi connectivity index (χ1) is 11.2. The predicted octanol–water partition coefficient (Wildman–Crippen LogP) is 4.14. The largest absolute Gasteiger partial charge is 0.493 e. The number of nitrogens with one attached hydrogen (secondary N) is 1. The quantitative estimate of drug-likeness (QED) is 0.689. The van der Waals surface area contributed by atoms with Gasteiger partial charge in [-0.25, -0.2) is 4.98 Å². The van der Waals surface area contributed by atoms with Gasteiger partial charge >= 0.3 is 0 Å². The first-order valence-corrected chi connectivity index (χ1v) is 8.69. The zero-order valence-electron chi connectivity index (χ0n) is 13.4. The highest BCUT2D eigenvalue weighted by atomic mass is 32.2. The van der Waals surface area contributed by atoms with Gasteiger partial charge in [-0.3, -0.25) is 0 Å². The lowest BCUT2D eigenvalue weighted by Gasteiger charge is -2.10. The summed E-state index contributed by atoms with van der Waals surface area (Å²) in [4.78, 5) is 13.4. The monoisotopic (exact) mass is 329 g/mol. The molecule has 0 unspecified atom stereocenters. The summed E-state index contributed by atoms with van der Waals surface area (Å²) >= 11 is 1.69. The van der Waals surface area contributed by atoms with Crippen molar-refractivity contribution in [2.24, 2.45) is 0 Å². The molecule has 3 aromatic rings. The van der Waals surface area contributed by atoms with Gasteiger partial charge in [0.15, 0.2) is 5.65 Å². The van der Waals surface area contributed by atoms with Crippen LogP contribution in [-0.4, -0.2) is 34.9 Å². The van der Waals surface area contributed by atoms with Crippen LogP contribution in [0.5, 0.6) is 11.6 Å². The predicted molar refractivity (Wildman–Crippen MR) is 93.4 cm³/mol. The fourth-order valence-corrected chi connectivity index (χ4v) is 2.70. The molecule has 2 aromatic heterocycles. The molecule has 0 aliphatic rings. The zero-order chi connectivity index (χ0) is 16.2. The first kappa shape index (κ1) is 15.7. The molecule has 0 saturated carbocycles. The van der Waals surface area contributed by atoms with Crippen molar-refractivity contribution in [3.05, 3.63) is 30.3 Å². The van der Waals surface area contributed by atoms with Crippen LogP contribution in [0.4, 0.5) is 0 Å². The van der Waals surface area contributed by atoms with Crippen LogP contribution in [-0.2, 0) is 0 Å². The average molecular weight is 329 g/mol. The van der Waals surface area contributed by atoms with E-state index in [0.717, 1.165) is 34.0 Å². The summed E-state index contributed by atoms with van der Waals surface area (Å²) in [5.74, 6) is 2.14. The third kappa shape index (κ3) is 3.27. The smallest absolute Gasteiger partial charge is 0.215 e. The minimum absolute atomic E-state index is 0.552. The van der Waals surface area contributed by atoms with E-state index in [4.69, 9.17) is 9.47 Å². The minimum Gasteiger partial charge on any atom is -0.493 e. The molecule has 0 atom stereocenters. The average Bonchev–Trinajstić information content (AvgIpc) is 3.02. The number of H-pyrrole nitrogens is 1. The molecule has 0 bridgehead atoms. The molecular formula is C17H19N3O2S. The number of imidazole rings is 1. The van der Waals surface area contributed by atoms with E-state index in [1.165, 1.54) is 0 Å². The van der Waals surface area contributed by atoms with Crippen molar-refractivity contribution in [3.63, 3.8) is 0 Å². The Labute approximate surface area is 139 Å². The van der Waals surface area contributed by atoms with Crippen LogP contribution in [0.25, 0.3) is 22.6 Å². The van der Waals surface area contributed by atoms with Crippen LogP contribution in [0.1, 0.15) is 13.3 Å². The standard InChI is InChI=1S/C17H19N3O2S/c1-4-9-22-14-10-11(23-3)5-6-12(14)16-18-13-7-8-15(21-2)19-17(13)20-16/h5-8,10H,4,9H2,1-3H3,(H,18,19,20). The molecule has 0 aliphatic carbocycles. The molecule has 0 aliphatic heterocycles. The normalized spacial score (nSPS) is 10.9. The van der Waals surface area contributed by atoms with E-state index < -0.39 is 0 Å². The van der Waals surface area contributed by atoms with Crippen LogP contribution in [0.3, 0.4) is 0 Å². The highest BCUT2D eigenvalue weighted by Crippen LogP contribution is 2.33. The Morgan fingerprint density at radius 2 is 2.04 bits per heavy atom. The Morgan fingerprint density at radius 3 is 2.78 bits per heavy atom. The molecule has 0 saturated heterocycles. The molecule has 23 heavy (non-hydrogen) atoms. The van der Waals surface area contributed by atoms with E-state index in [2.05, 4.69) is 40.3 Å². The van der Waals surface area contributed by atoms with Crippen LogP contribution in [0.15, 0.2) is 35.2 Å². The first-order valence-electron chi connectivity index (χ1n) is 7.47. The van der Waals surface area contributed by atoms with Gasteiger partial charge in [0, 0.05) is 11.0 Å². The summed E-state index contributed by atoms with van der Waals surface area (Å²) in [7, 11) is 1.60. The lowest BCUT2D eigenvalue weighted by molar-refractivity contribution is 0.318. The van der Waals surface area contributed by atoms with Crippen LogP contribution < -0.4 is 9.47 Å². The molecule has 1 N–H and O–H groups in total. The summed E-state index contributed by atoms with van der Waals surface area (Å²) in [6.45, 7) is 2.77. The number of rotatable bonds is 6. The van der Waals surface area contributed by atoms with Crippen LogP contribution in [0.2, 0.25) is 0 Å². The number of benzene rings is 1. The Balaban J connectivity index is 2.05. The second kappa shape index (κ2) is 6.91. The maximum Gasteiger partial charge on any atom is 0.215 e. The molecule has 1 aromatic carbocycles. The van der Waals surface area contributed by atoms with E-state index in [0.29, 0.717) is 18.1 Å². The van der Waals surface area contributed by atoms with Gasteiger partial charge in [-0.05, 0) is 36.9 Å². The van der Waals surface area contributed by atoms with E-state index in [1.807, 2.05) is 18.2 Å². The molecule has 3 rings (SSSR count). The molecule has 0 amide bonds. The number of aromatic amines is 1. The number of methoxy groups -OCH3 is 1. The number of pyridine rings is 1. The van der Waals surface area contributed by atoms with Crippen molar-refractivity contribution in [3.8, 4) is 23.0 Å². The van der Waals surface area contributed by atoms with Crippen molar-refractivity contribution in [1.29, 1.82) is 0 Å². The third-order valence-electron chi connectivity index (χ3n) is 3.44. The van der Waals surface area contributed by atoms with Crippen molar-refractivity contribution in [2.75, 3.05) is 20.0 Å². The van der Waals surface area contributed by atoms with Crippen LogP contribution >= 0.6 is 11.8 Å². The van der Waals surface area contributed by atoms with Crippen molar-refractivity contribution < 1.29 is 9.47 Å². The van der Waals surface area contributed by atoms with Crippen LogP contribution in [0, 0.1) is 0 Å². The highest BCUT2D eigenvalue weighted by Gasteiger charge is 2.13. The summed E-state index contributed by atoms with van der Waals surface area (Å²) in [6.07, 6.45) is 3.01. The molecule has 2 heterocycles. The fraction of sp³-hybridized carbons (Fsp3) is 0.294. The number of fused-ring (bicyclic) bond motifs is 1. The van der Waals surface area contributed by atoms with E-state index in [1.54, 1.807) is 18.9 Å². The van der Waals surface area contributed by atoms with Gasteiger partial charge in [0.2, 0.25) is 5.88 Å². The third-order valence-corrected chi connectivity index (χ3v) is 4.16. The number of thioether (sulfide) groups is 1. The van der Waals surface area contributed by atoms with Crippen molar-refractivity contribution in [1.82, 2.24) is 15.0 Å². The molecule has 0 radical (unpaired) electrons. The number of aromatic nitrogens is 3. The maximum absolute atomic E-state index is 5.91. The lowest BCUT2D eigenvalue weighted by atomic mass is 10.2. The van der Waals surface area contributed by atoms with Gasteiger partial charge in [0.05, 0.1) is 24.8 Å². The van der Waals surface area contributed by atoms with Crippen molar-refractivity contribution >= 4 is 22.9 Å². The second-order valence-electron chi connectivity index (χ2n) is 5.02. The van der Waals surface area contributed by atoms with Gasteiger partial charge in [-0.1, -0.05) is 6.92 Å². The Hall–Kier alpha value is -2.21. The molecule has 6 heteroatoms. The molecule has 120 valence electrons. The Kier molecular flexibility index (Phi) is 4.71. The Morgan fingerprint density at radius 1 is 1.17 bits per heavy atom. The van der Waals surface area contributed by atoms with E-state index in [-0.39, 0.29) is 0 Å². The maximum atomic E-state index is 5.91. The summed E-state index contributed by atoms with van der Waals surface area (Å²) in [6, 6.07) is 9.89. The number of hydrogen-bond donors (Lipinski definition) is 1.